The van der Waals surface area contributed by atoms with Gasteiger partial charge in [0.05, 0.1) is 22.2 Å². The Morgan fingerprint density at radius 3 is 2.15 bits per heavy atom. The first-order chi connectivity index (χ1) is 20.2. The van der Waals surface area contributed by atoms with Gasteiger partial charge in [0.1, 0.15) is 0 Å². The molecule has 2 aliphatic heterocycles. The summed E-state index contributed by atoms with van der Waals surface area (Å²) in [6, 6.07) is 27.0. The molecule has 0 radical (unpaired) electrons. The van der Waals surface area contributed by atoms with Crippen molar-refractivity contribution in [3.05, 3.63) is 95.6 Å². The molecule has 4 aromatic carbocycles. The number of piperidine rings is 1. The summed E-state index contributed by atoms with van der Waals surface area (Å²) in [5, 5.41) is 3.76. The molecule has 6 aromatic rings. The SMILES string of the molecule is O=C1c2c(c3c4ccccc4n(CCc4ccccc4)c3c3[nH]c4ccccc4c23)C(=O)N1CCN1CCCCC1. The van der Waals surface area contributed by atoms with Crippen molar-refractivity contribution in [1.82, 2.24) is 19.4 Å². The average Bonchev–Trinajstić information content (AvgIpc) is 3.64. The van der Waals surface area contributed by atoms with E-state index in [9.17, 15) is 9.59 Å². The Kier molecular flexibility index (Phi) is 5.71. The Balaban J connectivity index is 1.37. The number of hydrogen-bond donors (Lipinski definition) is 1. The lowest BCUT2D eigenvalue weighted by Crippen LogP contribution is -2.40. The van der Waals surface area contributed by atoms with Gasteiger partial charge in [0, 0.05) is 52.2 Å². The molecule has 2 aromatic heterocycles. The van der Waals surface area contributed by atoms with Crippen molar-refractivity contribution in [3.63, 3.8) is 0 Å². The molecule has 0 aliphatic carbocycles. The molecule has 1 saturated heterocycles. The number of carbonyl (C=O) groups excluding carboxylic acids is 2. The summed E-state index contributed by atoms with van der Waals surface area (Å²) in [7, 11) is 0. The normalized spacial score (nSPS) is 16.1. The third-order valence-corrected chi connectivity index (χ3v) is 9.14. The number of H-pyrrole nitrogens is 1. The van der Waals surface area contributed by atoms with Crippen LogP contribution in [0.2, 0.25) is 0 Å². The van der Waals surface area contributed by atoms with E-state index in [1.807, 2.05) is 24.3 Å². The Bertz CT molecular complexity index is 1980. The summed E-state index contributed by atoms with van der Waals surface area (Å²) in [6.07, 6.45) is 4.49. The number of carbonyl (C=O) groups is 2. The van der Waals surface area contributed by atoms with Gasteiger partial charge in [-0.25, -0.2) is 0 Å². The second kappa shape index (κ2) is 9.60. The van der Waals surface area contributed by atoms with Crippen LogP contribution in [0.25, 0.3) is 43.6 Å². The lowest BCUT2D eigenvalue weighted by Gasteiger charge is -2.27. The molecule has 2 amide bonds. The van der Waals surface area contributed by atoms with Crippen LogP contribution in [-0.4, -0.2) is 57.3 Å². The van der Waals surface area contributed by atoms with Crippen LogP contribution >= 0.6 is 0 Å². The molecular formula is C35H32N4O2. The number of hydrogen-bond acceptors (Lipinski definition) is 3. The molecule has 0 unspecified atom stereocenters. The number of rotatable bonds is 6. The molecule has 2 aliphatic rings. The van der Waals surface area contributed by atoms with Gasteiger partial charge in [0.2, 0.25) is 0 Å². The molecule has 6 nitrogen and oxygen atoms in total. The van der Waals surface area contributed by atoms with Gasteiger partial charge in [-0.05, 0) is 50.0 Å². The summed E-state index contributed by atoms with van der Waals surface area (Å²) in [5.41, 5.74) is 6.38. The predicted molar refractivity (Wildman–Crippen MR) is 165 cm³/mol. The number of aromatic amines is 1. The zero-order valence-corrected chi connectivity index (χ0v) is 23.0. The molecule has 1 N–H and O–H groups in total. The lowest BCUT2D eigenvalue weighted by atomic mass is 9.97. The van der Waals surface area contributed by atoms with Crippen LogP contribution in [0, 0.1) is 0 Å². The largest absolute Gasteiger partial charge is 0.353 e. The average molecular weight is 541 g/mol. The molecular weight excluding hydrogens is 508 g/mol. The fourth-order valence-corrected chi connectivity index (χ4v) is 7.18. The van der Waals surface area contributed by atoms with Crippen molar-refractivity contribution in [2.75, 3.05) is 26.2 Å². The van der Waals surface area contributed by atoms with Crippen molar-refractivity contribution in [2.45, 2.75) is 32.2 Å². The Morgan fingerprint density at radius 2 is 1.34 bits per heavy atom. The summed E-state index contributed by atoms with van der Waals surface area (Å²) in [4.78, 5) is 36.1. The highest BCUT2D eigenvalue weighted by molar-refractivity contribution is 6.39. The minimum atomic E-state index is -0.167. The molecule has 1 fully saturated rings. The fraction of sp³-hybridized carbons (Fsp3) is 0.257. The molecule has 8 rings (SSSR count). The smallest absolute Gasteiger partial charge is 0.262 e. The summed E-state index contributed by atoms with van der Waals surface area (Å²) in [6.45, 7) is 3.98. The van der Waals surface area contributed by atoms with E-state index in [-0.39, 0.29) is 11.8 Å². The highest BCUT2D eigenvalue weighted by Crippen LogP contribution is 2.45. The summed E-state index contributed by atoms with van der Waals surface area (Å²) in [5.74, 6) is -0.329. The van der Waals surface area contributed by atoms with Gasteiger partial charge in [-0.15, -0.1) is 0 Å². The van der Waals surface area contributed by atoms with E-state index in [0.29, 0.717) is 17.7 Å². The first-order valence-electron chi connectivity index (χ1n) is 14.8. The van der Waals surface area contributed by atoms with E-state index in [1.54, 1.807) is 0 Å². The van der Waals surface area contributed by atoms with Gasteiger partial charge in [-0.1, -0.05) is 73.2 Å². The molecule has 0 spiro atoms. The van der Waals surface area contributed by atoms with Crippen LogP contribution in [0.5, 0.6) is 0 Å². The number of nitrogens with one attached hydrogen (secondary N) is 1. The first kappa shape index (κ1) is 24.4. The number of aryl methyl sites for hydroxylation is 2. The van der Waals surface area contributed by atoms with E-state index in [2.05, 4.69) is 69.0 Å². The van der Waals surface area contributed by atoms with Crippen LogP contribution in [-0.2, 0) is 13.0 Å². The zero-order valence-electron chi connectivity index (χ0n) is 23.0. The van der Waals surface area contributed by atoms with Gasteiger partial charge in [-0.2, -0.15) is 0 Å². The highest BCUT2D eigenvalue weighted by atomic mass is 16.2. The van der Waals surface area contributed by atoms with Crippen LogP contribution < -0.4 is 0 Å². The lowest BCUT2D eigenvalue weighted by molar-refractivity contribution is 0.0633. The maximum absolute atomic E-state index is 14.3. The number of para-hydroxylation sites is 2. The number of fused-ring (bicyclic) bond motifs is 10. The second-order valence-electron chi connectivity index (χ2n) is 11.5. The van der Waals surface area contributed by atoms with Gasteiger partial charge in [0.25, 0.3) is 11.8 Å². The van der Waals surface area contributed by atoms with E-state index < -0.39 is 0 Å². The molecule has 41 heavy (non-hydrogen) atoms. The predicted octanol–water partition coefficient (Wildman–Crippen LogP) is 6.75. The molecule has 0 atom stereocenters. The van der Waals surface area contributed by atoms with Gasteiger partial charge in [0.15, 0.2) is 0 Å². The maximum Gasteiger partial charge on any atom is 0.262 e. The van der Waals surface area contributed by atoms with E-state index >= 15 is 0 Å². The highest BCUT2D eigenvalue weighted by Gasteiger charge is 2.41. The van der Waals surface area contributed by atoms with Crippen LogP contribution in [0.3, 0.4) is 0 Å². The van der Waals surface area contributed by atoms with E-state index in [4.69, 9.17) is 0 Å². The Morgan fingerprint density at radius 1 is 0.659 bits per heavy atom. The molecule has 0 saturated carbocycles. The van der Waals surface area contributed by atoms with Gasteiger partial charge < -0.3 is 14.5 Å². The van der Waals surface area contributed by atoms with Crippen LogP contribution in [0.1, 0.15) is 45.5 Å². The molecule has 6 heteroatoms. The van der Waals surface area contributed by atoms with Crippen LogP contribution in [0.4, 0.5) is 0 Å². The monoisotopic (exact) mass is 540 g/mol. The van der Waals surface area contributed by atoms with Crippen molar-refractivity contribution < 1.29 is 9.59 Å². The zero-order chi connectivity index (χ0) is 27.5. The number of likely N-dealkylation sites (tertiary alicyclic amines) is 1. The number of benzene rings is 4. The second-order valence-corrected chi connectivity index (χ2v) is 11.5. The molecule has 4 heterocycles. The van der Waals surface area contributed by atoms with Gasteiger partial charge in [-0.3, -0.25) is 14.5 Å². The van der Waals surface area contributed by atoms with E-state index in [1.165, 1.54) is 29.7 Å². The minimum Gasteiger partial charge on any atom is -0.353 e. The Hall–Kier alpha value is -4.42. The van der Waals surface area contributed by atoms with Crippen molar-refractivity contribution in [1.29, 1.82) is 0 Å². The number of nitrogens with zero attached hydrogens (tertiary/aromatic N) is 3. The minimum absolute atomic E-state index is 0.162. The standard InChI is InChI=1S/C35H32N4O2/c40-34-30-28-24-13-5-7-15-26(24)36-32(28)33-29(31(30)35(41)39(34)22-21-37-18-9-2-10-19-37)25-14-6-8-16-27(25)38(33)20-17-23-11-3-1-4-12-23/h1,3-8,11-16,36H,2,9-10,17-22H2. The molecule has 0 bridgehead atoms. The topological polar surface area (TPSA) is 61.3 Å². The number of aromatic nitrogens is 2. The molecule has 204 valence electrons. The third kappa shape index (κ3) is 3.74. The quantitative estimate of drug-likeness (QED) is 0.238. The van der Waals surface area contributed by atoms with Crippen molar-refractivity contribution in [3.8, 4) is 0 Å². The van der Waals surface area contributed by atoms with Gasteiger partial charge >= 0.3 is 0 Å². The van der Waals surface area contributed by atoms with Crippen LogP contribution in [0.15, 0.2) is 78.9 Å². The summed E-state index contributed by atoms with van der Waals surface area (Å²) >= 11 is 0. The van der Waals surface area contributed by atoms with E-state index in [0.717, 1.165) is 76.2 Å². The van der Waals surface area contributed by atoms with Crippen molar-refractivity contribution >= 4 is 55.4 Å². The van der Waals surface area contributed by atoms with Crippen molar-refractivity contribution in [2.24, 2.45) is 0 Å². The first-order valence-corrected chi connectivity index (χ1v) is 14.8. The fourth-order valence-electron chi connectivity index (χ4n) is 7.18. The third-order valence-electron chi connectivity index (χ3n) is 9.14. The maximum atomic E-state index is 14.3. The summed E-state index contributed by atoms with van der Waals surface area (Å²) < 4.78 is 2.35. The Labute approximate surface area is 238 Å². The number of imide groups is 1. The number of amides is 2.